The lowest BCUT2D eigenvalue weighted by Gasteiger charge is -2.30. The van der Waals surface area contributed by atoms with Crippen molar-refractivity contribution in [2.45, 2.75) is 45.3 Å². The van der Waals surface area contributed by atoms with Gasteiger partial charge in [0.15, 0.2) is 0 Å². The van der Waals surface area contributed by atoms with Gasteiger partial charge < -0.3 is 10.6 Å². The minimum absolute atomic E-state index is 0.00211. The molecule has 1 atom stereocenters. The van der Waals surface area contributed by atoms with E-state index < -0.39 is 11.7 Å². The number of likely N-dealkylation sites (tertiary alicyclic amines) is 1. The summed E-state index contributed by atoms with van der Waals surface area (Å²) in [5.41, 5.74) is 7.59. The number of aromatic nitrogens is 2. The van der Waals surface area contributed by atoms with Crippen molar-refractivity contribution in [1.29, 1.82) is 0 Å². The Morgan fingerprint density at radius 2 is 2.07 bits per heavy atom. The lowest BCUT2D eigenvalue weighted by molar-refractivity contribution is -0.137. The number of benzene rings is 1. The van der Waals surface area contributed by atoms with Crippen molar-refractivity contribution in [3.8, 4) is 5.69 Å². The first-order chi connectivity index (χ1) is 12.7. The van der Waals surface area contributed by atoms with Crippen LogP contribution in [-0.4, -0.2) is 39.7 Å². The highest BCUT2D eigenvalue weighted by Gasteiger charge is 2.31. The van der Waals surface area contributed by atoms with Gasteiger partial charge in [0.05, 0.1) is 23.4 Å². The number of aryl methyl sites for hydroxylation is 1. The topological polar surface area (TPSA) is 64.2 Å². The van der Waals surface area contributed by atoms with Gasteiger partial charge in [-0.1, -0.05) is 6.07 Å². The fraction of sp³-hybridized carbons (Fsp3) is 0.474. The number of carbonyl (C=O) groups is 1. The molecule has 0 spiro atoms. The summed E-state index contributed by atoms with van der Waals surface area (Å²) in [6.45, 7) is 4.76. The van der Waals surface area contributed by atoms with E-state index in [0.29, 0.717) is 30.2 Å². The average molecular weight is 380 g/mol. The van der Waals surface area contributed by atoms with Crippen molar-refractivity contribution >= 4 is 5.91 Å². The van der Waals surface area contributed by atoms with Gasteiger partial charge in [-0.25, -0.2) is 4.68 Å². The van der Waals surface area contributed by atoms with Gasteiger partial charge in [-0.2, -0.15) is 18.3 Å². The zero-order valence-electron chi connectivity index (χ0n) is 15.4. The molecule has 1 saturated heterocycles. The van der Waals surface area contributed by atoms with E-state index in [9.17, 15) is 18.0 Å². The highest BCUT2D eigenvalue weighted by molar-refractivity contribution is 5.79. The van der Waals surface area contributed by atoms with Gasteiger partial charge in [0.25, 0.3) is 0 Å². The monoisotopic (exact) mass is 380 g/mol. The molecule has 2 aromatic rings. The fourth-order valence-electron chi connectivity index (χ4n) is 3.50. The van der Waals surface area contributed by atoms with Gasteiger partial charge in [-0.15, -0.1) is 0 Å². The molecule has 2 heterocycles. The second-order valence-corrected chi connectivity index (χ2v) is 7.03. The van der Waals surface area contributed by atoms with E-state index in [1.54, 1.807) is 24.8 Å². The Morgan fingerprint density at radius 3 is 2.74 bits per heavy atom. The number of rotatable bonds is 3. The maximum atomic E-state index is 13.0. The second-order valence-electron chi connectivity index (χ2n) is 7.03. The van der Waals surface area contributed by atoms with Crippen LogP contribution in [0.5, 0.6) is 0 Å². The zero-order valence-corrected chi connectivity index (χ0v) is 15.4. The number of nitrogens with two attached hydrogens (primary N) is 1. The number of hydrogen-bond donors (Lipinski definition) is 1. The molecule has 1 aromatic carbocycles. The molecule has 146 valence electrons. The van der Waals surface area contributed by atoms with E-state index in [-0.39, 0.29) is 18.4 Å². The predicted octanol–water partition coefficient (Wildman–Crippen LogP) is 3.00. The first kappa shape index (κ1) is 19.4. The highest BCUT2D eigenvalue weighted by atomic mass is 19.4. The van der Waals surface area contributed by atoms with Crippen molar-refractivity contribution in [2.75, 3.05) is 13.1 Å². The Morgan fingerprint density at radius 1 is 1.33 bits per heavy atom. The summed E-state index contributed by atoms with van der Waals surface area (Å²) in [6, 6.07) is 5.02. The van der Waals surface area contributed by atoms with Crippen LogP contribution in [0, 0.1) is 13.8 Å². The molecule has 1 aromatic heterocycles. The quantitative estimate of drug-likeness (QED) is 0.890. The van der Waals surface area contributed by atoms with E-state index >= 15 is 0 Å². The Balaban J connectivity index is 1.86. The number of nitrogens with zero attached hydrogens (tertiary/aromatic N) is 3. The summed E-state index contributed by atoms with van der Waals surface area (Å²) in [7, 11) is 0. The SMILES string of the molecule is Cc1nn(-c2cccc(C(F)(F)F)c2)c(C)c1CC(=O)N1CCC[C@@H](N)C1. The van der Waals surface area contributed by atoms with Gasteiger partial charge in [0.2, 0.25) is 5.91 Å². The van der Waals surface area contributed by atoms with Crippen molar-refractivity contribution in [3.05, 3.63) is 46.8 Å². The predicted molar refractivity (Wildman–Crippen MR) is 95.5 cm³/mol. The lowest BCUT2D eigenvalue weighted by Crippen LogP contribution is -2.46. The number of alkyl halides is 3. The van der Waals surface area contributed by atoms with E-state index in [1.807, 2.05) is 0 Å². The molecule has 1 amide bonds. The van der Waals surface area contributed by atoms with Crippen LogP contribution in [0.25, 0.3) is 5.69 Å². The third-order valence-corrected chi connectivity index (χ3v) is 5.00. The summed E-state index contributed by atoms with van der Waals surface area (Å²) in [4.78, 5) is 14.4. The smallest absolute Gasteiger partial charge is 0.341 e. The minimum Gasteiger partial charge on any atom is -0.341 e. The van der Waals surface area contributed by atoms with Crippen molar-refractivity contribution < 1.29 is 18.0 Å². The third-order valence-electron chi connectivity index (χ3n) is 5.00. The molecular formula is C19H23F3N4O. The number of amides is 1. The van der Waals surface area contributed by atoms with E-state index in [4.69, 9.17) is 5.73 Å². The molecule has 5 nitrogen and oxygen atoms in total. The number of carbonyl (C=O) groups excluding carboxylic acids is 1. The van der Waals surface area contributed by atoms with Gasteiger partial charge in [-0.3, -0.25) is 4.79 Å². The maximum absolute atomic E-state index is 13.0. The van der Waals surface area contributed by atoms with Gasteiger partial charge in [0, 0.05) is 30.4 Å². The Bertz CT molecular complexity index is 844. The first-order valence-electron chi connectivity index (χ1n) is 8.93. The summed E-state index contributed by atoms with van der Waals surface area (Å²) in [6.07, 6.45) is -2.45. The molecule has 8 heteroatoms. The molecule has 0 unspecified atom stereocenters. The molecule has 27 heavy (non-hydrogen) atoms. The molecule has 1 aliphatic heterocycles. The van der Waals surface area contributed by atoms with Crippen LogP contribution < -0.4 is 5.73 Å². The molecule has 0 aliphatic carbocycles. The third kappa shape index (κ3) is 4.16. The molecular weight excluding hydrogens is 357 g/mol. The lowest BCUT2D eigenvalue weighted by atomic mass is 10.0. The standard InChI is InChI=1S/C19H23F3N4O/c1-12-17(10-18(27)25-8-4-6-15(23)11-25)13(2)26(24-12)16-7-3-5-14(9-16)19(20,21)22/h3,5,7,9,15H,4,6,8,10-11,23H2,1-2H3/t15-/m1/s1. The fourth-order valence-corrected chi connectivity index (χ4v) is 3.50. The molecule has 1 fully saturated rings. The van der Waals surface area contributed by atoms with Gasteiger partial charge in [0.1, 0.15) is 0 Å². The number of hydrogen-bond acceptors (Lipinski definition) is 3. The molecule has 1 aliphatic rings. The normalized spacial score (nSPS) is 18.0. The van der Waals surface area contributed by atoms with Gasteiger partial charge >= 0.3 is 6.18 Å². The van der Waals surface area contributed by atoms with Crippen molar-refractivity contribution in [1.82, 2.24) is 14.7 Å². The minimum atomic E-state index is -4.42. The van der Waals surface area contributed by atoms with Crippen molar-refractivity contribution in [3.63, 3.8) is 0 Å². The number of halogens is 3. The molecule has 0 saturated carbocycles. The Kier molecular flexibility index (Phi) is 5.28. The van der Waals surface area contributed by atoms with Crippen LogP contribution in [0.1, 0.15) is 35.4 Å². The summed E-state index contributed by atoms with van der Waals surface area (Å²) in [5.74, 6) is -0.0278. The van der Waals surface area contributed by atoms with Crippen LogP contribution in [0.4, 0.5) is 13.2 Å². The summed E-state index contributed by atoms with van der Waals surface area (Å²) in [5, 5.41) is 4.37. The molecule has 0 bridgehead atoms. The number of piperidine rings is 1. The first-order valence-corrected chi connectivity index (χ1v) is 8.93. The Labute approximate surface area is 155 Å². The second kappa shape index (κ2) is 7.34. The van der Waals surface area contributed by atoms with Crippen LogP contribution in [0.3, 0.4) is 0 Å². The van der Waals surface area contributed by atoms with Crippen LogP contribution in [0.2, 0.25) is 0 Å². The van der Waals surface area contributed by atoms with Gasteiger partial charge in [-0.05, 0) is 44.9 Å². The van der Waals surface area contributed by atoms with Crippen LogP contribution in [-0.2, 0) is 17.4 Å². The highest BCUT2D eigenvalue weighted by Crippen LogP contribution is 2.31. The Hall–Kier alpha value is -2.35. The van der Waals surface area contributed by atoms with E-state index in [1.165, 1.54) is 10.7 Å². The zero-order chi connectivity index (χ0) is 19.8. The summed E-state index contributed by atoms with van der Waals surface area (Å²) < 4.78 is 40.4. The average Bonchev–Trinajstić information content (AvgIpc) is 2.89. The maximum Gasteiger partial charge on any atom is 0.416 e. The van der Waals surface area contributed by atoms with E-state index in [2.05, 4.69) is 5.10 Å². The van der Waals surface area contributed by atoms with Crippen molar-refractivity contribution in [2.24, 2.45) is 5.73 Å². The van der Waals surface area contributed by atoms with Crippen LogP contribution >= 0.6 is 0 Å². The van der Waals surface area contributed by atoms with E-state index in [0.717, 1.165) is 30.5 Å². The summed E-state index contributed by atoms with van der Waals surface area (Å²) >= 11 is 0. The molecule has 0 radical (unpaired) electrons. The van der Waals surface area contributed by atoms with Crippen LogP contribution in [0.15, 0.2) is 24.3 Å². The molecule has 3 rings (SSSR count). The largest absolute Gasteiger partial charge is 0.416 e. The molecule has 2 N–H and O–H groups in total.